The van der Waals surface area contributed by atoms with E-state index in [1.165, 1.54) is 23.2 Å². The van der Waals surface area contributed by atoms with Crippen LogP contribution in [0.4, 0.5) is 14.0 Å². The Hall–Kier alpha value is -5.58. The second-order valence-corrected chi connectivity index (χ2v) is 17.0. The van der Waals surface area contributed by atoms with Crippen molar-refractivity contribution in [3.05, 3.63) is 71.9 Å². The second kappa shape index (κ2) is 16.5. The molecule has 57 heavy (non-hydrogen) atoms. The summed E-state index contributed by atoms with van der Waals surface area (Å²) < 4.78 is 41.5. The number of aryl methyl sites for hydroxylation is 1. The lowest BCUT2D eigenvalue weighted by molar-refractivity contribution is -0.716. The highest BCUT2D eigenvalue weighted by atomic mass is 19.1. The number of halogens is 1. The largest absolute Gasteiger partial charge is 0.489 e. The van der Waals surface area contributed by atoms with Crippen LogP contribution in [0.15, 0.2) is 55.1 Å². The van der Waals surface area contributed by atoms with Gasteiger partial charge in [-0.15, -0.1) is 5.06 Å². The van der Waals surface area contributed by atoms with Crippen molar-refractivity contribution in [3.8, 4) is 11.6 Å². The molecule has 4 amide bonds. The number of hydrogen-bond donors (Lipinski definition) is 1. The van der Waals surface area contributed by atoms with E-state index in [0.29, 0.717) is 30.3 Å². The Labute approximate surface area is 331 Å². The van der Waals surface area contributed by atoms with Gasteiger partial charge in [-0.05, 0) is 86.9 Å². The maximum atomic E-state index is 16.0. The molecule has 1 atom stereocenters. The van der Waals surface area contributed by atoms with E-state index >= 15 is 4.39 Å². The van der Waals surface area contributed by atoms with E-state index in [1.54, 1.807) is 108 Å². The fraction of sp³-hybridized carbons (Fsp3) is 0.525. The third-order valence-electron chi connectivity index (χ3n) is 8.30. The third kappa shape index (κ3) is 11.5. The normalized spacial score (nSPS) is 15.8. The first kappa shape index (κ1) is 42.6. The molecule has 0 bridgehead atoms. The number of hydrogen-bond acceptors (Lipinski definition) is 11. The lowest BCUT2D eigenvalue weighted by Gasteiger charge is -2.43. The zero-order valence-electron chi connectivity index (χ0n) is 33.9. The molecule has 1 unspecified atom stereocenters. The average Bonchev–Trinajstić information content (AvgIpc) is 3.58. The van der Waals surface area contributed by atoms with Gasteiger partial charge in [0, 0.05) is 19.0 Å². The molecule has 3 aromatic rings. The molecule has 0 spiro atoms. The molecule has 1 fully saturated rings. The van der Waals surface area contributed by atoms with Crippen LogP contribution >= 0.6 is 0 Å². The number of carbonyl (C=O) groups is 5. The standard InChI is InChI=1S/C40H51FN6O10/c1-37(2,3)54-34(50)30(57-47-32(48)28-14-10-11-15-29(28)33(47)49)21-53-27-16-17-31(43-19-27)44-20-26(13-12-18-42-35(51)55-38(4,5)6)46(25-44)24-40(41)22-45(23-40)36(52)56-39(7,8)9/h10-11,14-17,19-20,25,30H,12-13,18,21-24H2,1-9H3/p+1. The number of imidazole rings is 1. The van der Waals surface area contributed by atoms with Crippen LogP contribution in [0.25, 0.3) is 5.82 Å². The van der Waals surface area contributed by atoms with Crippen molar-refractivity contribution < 1.29 is 56.7 Å². The summed E-state index contributed by atoms with van der Waals surface area (Å²) in [5.74, 6) is -1.58. The molecular formula is C40H52FN6O10+. The number of carbonyl (C=O) groups excluding carboxylic acids is 5. The van der Waals surface area contributed by atoms with Gasteiger partial charge < -0.3 is 29.2 Å². The highest BCUT2D eigenvalue weighted by Crippen LogP contribution is 2.29. The first-order valence-corrected chi connectivity index (χ1v) is 18.7. The number of ether oxygens (including phenoxy) is 4. The first-order valence-electron chi connectivity index (χ1n) is 18.7. The van der Waals surface area contributed by atoms with E-state index in [0.717, 1.165) is 5.69 Å². The van der Waals surface area contributed by atoms with Gasteiger partial charge in [-0.25, -0.2) is 33.2 Å². The summed E-state index contributed by atoms with van der Waals surface area (Å²) in [5, 5.41) is 3.28. The molecule has 5 rings (SSSR count). The van der Waals surface area contributed by atoms with Crippen LogP contribution in [0, 0.1) is 0 Å². The average molecular weight is 796 g/mol. The van der Waals surface area contributed by atoms with Crippen LogP contribution in [0.3, 0.4) is 0 Å². The number of rotatable bonds is 13. The highest BCUT2D eigenvalue weighted by Gasteiger charge is 2.49. The van der Waals surface area contributed by atoms with E-state index in [9.17, 15) is 24.0 Å². The molecule has 2 aromatic heterocycles. The molecule has 0 radical (unpaired) electrons. The molecule has 0 aliphatic carbocycles. The molecule has 308 valence electrons. The summed E-state index contributed by atoms with van der Waals surface area (Å²) in [7, 11) is 0. The Bertz CT molecular complexity index is 1940. The number of nitrogens with one attached hydrogen (secondary N) is 1. The minimum Gasteiger partial charge on any atom is -0.489 e. The second-order valence-electron chi connectivity index (χ2n) is 17.0. The molecule has 1 N–H and O–H groups in total. The van der Waals surface area contributed by atoms with Gasteiger partial charge in [0.1, 0.15) is 47.6 Å². The summed E-state index contributed by atoms with van der Waals surface area (Å²) in [5.41, 5.74) is -2.91. The van der Waals surface area contributed by atoms with Crippen molar-refractivity contribution in [2.75, 3.05) is 26.2 Å². The van der Waals surface area contributed by atoms with Crippen LogP contribution in [0.2, 0.25) is 0 Å². The van der Waals surface area contributed by atoms with Gasteiger partial charge in [-0.3, -0.25) is 9.59 Å². The summed E-state index contributed by atoms with van der Waals surface area (Å²) >= 11 is 0. The van der Waals surface area contributed by atoms with E-state index in [1.807, 2.05) is 0 Å². The lowest BCUT2D eigenvalue weighted by atomic mass is 9.96. The molecule has 16 nitrogen and oxygen atoms in total. The number of nitrogens with zero attached hydrogens (tertiary/aromatic N) is 5. The van der Waals surface area contributed by atoms with Gasteiger partial charge in [0.25, 0.3) is 18.1 Å². The molecule has 17 heteroatoms. The van der Waals surface area contributed by atoms with Gasteiger partial charge in [0.2, 0.25) is 11.9 Å². The fourth-order valence-electron chi connectivity index (χ4n) is 5.92. The SMILES string of the molecule is CC(C)(C)OC(=O)NCCCc1cn(-c2ccc(OCC(ON3C(=O)c4ccccc4C3=O)C(=O)OC(C)(C)C)cn2)c[n+]1CC1(F)CN(C(=O)OC(C)(C)C)C1. The Morgan fingerprint density at radius 1 is 0.895 bits per heavy atom. The predicted molar refractivity (Wildman–Crippen MR) is 201 cm³/mol. The van der Waals surface area contributed by atoms with Gasteiger partial charge in [-0.2, -0.15) is 4.57 Å². The van der Waals surface area contributed by atoms with Crippen molar-refractivity contribution in [1.82, 2.24) is 24.8 Å². The maximum Gasteiger partial charge on any atom is 0.410 e. The number of amides is 4. The van der Waals surface area contributed by atoms with Crippen molar-refractivity contribution >= 4 is 30.0 Å². The Balaban J connectivity index is 1.28. The number of esters is 1. The van der Waals surface area contributed by atoms with Gasteiger partial charge in [-0.1, -0.05) is 12.1 Å². The number of fused-ring (bicyclic) bond motifs is 1. The number of likely N-dealkylation sites (tertiary alicyclic amines) is 1. The van der Waals surface area contributed by atoms with E-state index in [2.05, 4.69) is 10.3 Å². The van der Waals surface area contributed by atoms with Crippen LogP contribution in [-0.4, -0.2) is 104 Å². The third-order valence-corrected chi connectivity index (χ3v) is 8.30. The van der Waals surface area contributed by atoms with Crippen molar-refractivity contribution in [2.45, 2.75) is 110 Å². The van der Waals surface area contributed by atoms with Gasteiger partial charge in [0.15, 0.2) is 5.67 Å². The molecule has 1 saturated heterocycles. The predicted octanol–water partition coefficient (Wildman–Crippen LogP) is 4.89. The van der Waals surface area contributed by atoms with Crippen LogP contribution in [0.1, 0.15) is 95.1 Å². The number of hydroxylamine groups is 2. The first-order chi connectivity index (χ1) is 26.5. The molecule has 2 aliphatic heterocycles. The van der Waals surface area contributed by atoms with Crippen LogP contribution in [-0.2, 0) is 36.8 Å². The summed E-state index contributed by atoms with van der Waals surface area (Å²) in [4.78, 5) is 75.2. The van der Waals surface area contributed by atoms with Crippen molar-refractivity contribution in [1.29, 1.82) is 0 Å². The highest BCUT2D eigenvalue weighted by molar-refractivity contribution is 6.20. The smallest absolute Gasteiger partial charge is 0.410 e. The van der Waals surface area contributed by atoms with Gasteiger partial charge >= 0.3 is 18.2 Å². The van der Waals surface area contributed by atoms with Crippen molar-refractivity contribution in [3.63, 3.8) is 0 Å². The summed E-state index contributed by atoms with van der Waals surface area (Å²) in [6.45, 7) is 15.2. The van der Waals surface area contributed by atoms with Crippen molar-refractivity contribution in [2.24, 2.45) is 0 Å². The molecular weight excluding hydrogens is 743 g/mol. The number of alkyl halides is 1. The van der Waals surface area contributed by atoms with E-state index in [-0.39, 0.29) is 36.5 Å². The monoisotopic (exact) mass is 795 g/mol. The number of benzene rings is 1. The van der Waals surface area contributed by atoms with Crippen LogP contribution in [0.5, 0.6) is 5.75 Å². The molecule has 0 saturated carbocycles. The molecule has 1 aromatic carbocycles. The Kier molecular flexibility index (Phi) is 12.3. The Morgan fingerprint density at radius 3 is 2.07 bits per heavy atom. The topological polar surface area (TPSA) is 172 Å². The van der Waals surface area contributed by atoms with E-state index in [4.69, 9.17) is 23.8 Å². The summed E-state index contributed by atoms with van der Waals surface area (Å²) in [6.07, 6.45) is 3.30. The van der Waals surface area contributed by atoms with E-state index < -0.39 is 65.2 Å². The molecule has 2 aliphatic rings. The maximum absolute atomic E-state index is 16.0. The summed E-state index contributed by atoms with van der Waals surface area (Å²) in [6, 6.07) is 9.48. The number of aromatic nitrogens is 3. The number of imide groups is 1. The lowest BCUT2D eigenvalue weighted by Crippen LogP contribution is -2.66. The number of alkyl carbamates (subject to hydrolysis) is 1. The number of pyridine rings is 1. The zero-order valence-corrected chi connectivity index (χ0v) is 33.9. The quantitative estimate of drug-likeness (QED) is 0.0821. The van der Waals surface area contributed by atoms with Crippen LogP contribution < -0.4 is 14.6 Å². The Morgan fingerprint density at radius 2 is 1.51 bits per heavy atom. The molecule has 4 heterocycles. The zero-order chi connectivity index (χ0) is 41.9. The minimum atomic E-state index is -1.71. The minimum absolute atomic E-state index is 0.0471. The van der Waals surface area contributed by atoms with Gasteiger partial charge in [0.05, 0.1) is 30.4 Å². The fourth-order valence-corrected chi connectivity index (χ4v) is 5.92.